The fourth-order valence-corrected chi connectivity index (χ4v) is 7.77. The highest BCUT2D eigenvalue weighted by Gasteiger charge is 2.19. The van der Waals surface area contributed by atoms with E-state index in [1.807, 2.05) is 0 Å². The van der Waals surface area contributed by atoms with Gasteiger partial charge in [0.05, 0.1) is 0 Å². The molecule has 376 valence electrons. The van der Waals surface area contributed by atoms with Gasteiger partial charge in [-0.05, 0) is 89.9 Å². The molecule has 0 unspecified atom stereocenters. The topological polar surface area (TPSA) is 78.9 Å². The predicted octanol–water partition coefficient (Wildman–Crippen LogP) is 18.4. The fourth-order valence-electron chi connectivity index (χ4n) is 7.77. The second kappa shape index (κ2) is 53.7. The van der Waals surface area contributed by atoms with Crippen molar-refractivity contribution in [3.8, 4) is 0 Å². The van der Waals surface area contributed by atoms with Crippen molar-refractivity contribution in [2.24, 2.45) is 0 Å². The zero-order valence-electron chi connectivity index (χ0n) is 43.0. The van der Waals surface area contributed by atoms with E-state index in [1.165, 1.54) is 148 Å². The van der Waals surface area contributed by atoms with E-state index in [0.717, 1.165) is 89.9 Å². The molecule has 0 aromatic rings. The third-order valence-corrected chi connectivity index (χ3v) is 12.0. The molecule has 0 spiro atoms. The normalized spacial score (nSPS) is 12.5. The first-order valence-corrected chi connectivity index (χ1v) is 27.8. The Morgan fingerprint density at radius 1 is 0.308 bits per heavy atom. The number of hydrogen-bond acceptors (Lipinski definition) is 6. The SMILES string of the molecule is CCCCC/C=C\C/C=C\C/C=C\CCCCCCC(=O)O[C@@H](COC(=O)CCCCCCCCCCC/C=C\C/C=C\CCCCC)COC(=O)CCCCCCCCCCCCC. The van der Waals surface area contributed by atoms with Crippen LogP contribution in [0.15, 0.2) is 60.8 Å². The van der Waals surface area contributed by atoms with E-state index in [4.69, 9.17) is 14.2 Å². The Morgan fingerprint density at radius 3 is 0.892 bits per heavy atom. The summed E-state index contributed by atoms with van der Waals surface area (Å²) in [5.41, 5.74) is 0. The van der Waals surface area contributed by atoms with Crippen LogP contribution in [0.2, 0.25) is 0 Å². The van der Waals surface area contributed by atoms with Crippen LogP contribution in [0.4, 0.5) is 0 Å². The van der Waals surface area contributed by atoms with Gasteiger partial charge in [-0.2, -0.15) is 0 Å². The lowest BCUT2D eigenvalue weighted by Gasteiger charge is -2.18. The first-order valence-electron chi connectivity index (χ1n) is 27.8. The van der Waals surface area contributed by atoms with Gasteiger partial charge in [-0.25, -0.2) is 0 Å². The van der Waals surface area contributed by atoms with Crippen LogP contribution in [-0.4, -0.2) is 37.2 Å². The largest absolute Gasteiger partial charge is 0.462 e. The van der Waals surface area contributed by atoms with Gasteiger partial charge in [0, 0.05) is 19.3 Å². The zero-order chi connectivity index (χ0) is 47.2. The number of unbranched alkanes of at least 4 members (excludes halogenated alkanes) is 29. The summed E-state index contributed by atoms with van der Waals surface area (Å²) < 4.78 is 16.8. The molecular formula is C59H104O6. The summed E-state index contributed by atoms with van der Waals surface area (Å²) in [6.07, 6.45) is 66.3. The van der Waals surface area contributed by atoms with Crippen molar-refractivity contribution < 1.29 is 28.6 Å². The first kappa shape index (κ1) is 62.1. The second-order valence-corrected chi connectivity index (χ2v) is 18.5. The van der Waals surface area contributed by atoms with Crippen LogP contribution in [0.3, 0.4) is 0 Å². The van der Waals surface area contributed by atoms with Gasteiger partial charge >= 0.3 is 17.9 Å². The van der Waals surface area contributed by atoms with Crippen LogP contribution >= 0.6 is 0 Å². The van der Waals surface area contributed by atoms with Gasteiger partial charge in [0.15, 0.2) is 6.10 Å². The van der Waals surface area contributed by atoms with Crippen molar-refractivity contribution in [2.75, 3.05) is 13.2 Å². The molecule has 0 bridgehead atoms. The Balaban J connectivity index is 4.37. The maximum atomic E-state index is 12.8. The first-order chi connectivity index (χ1) is 32.0. The summed E-state index contributed by atoms with van der Waals surface area (Å²) in [4.78, 5) is 38.0. The molecule has 0 saturated heterocycles. The van der Waals surface area contributed by atoms with E-state index in [2.05, 4.69) is 81.5 Å². The van der Waals surface area contributed by atoms with Gasteiger partial charge < -0.3 is 14.2 Å². The lowest BCUT2D eigenvalue weighted by atomic mass is 10.1. The molecule has 65 heavy (non-hydrogen) atoms. The number of carbonyl (C=O) groups excluding carboxylic acids is 3. The van der Waals surface area contributed by atoms with Crippen molar-refractivity contribution in [2.45, 2.75) is 284 Å². The summed E-state index contributed by atoms with van der Waals surface area (Å²) in [5.74, 6) is -0.901. The molecule has 0 heterocycles. The minimum absolute atomic E-state index is 0.0826. The molecule has 0 aromatic heterocycles. The predicted molar refractivity (Wildman–Crippen MR) is 279 cm³/mol. The average Bonchev–Trinajstić information content (AvgIpc) is 3.30. The van der Waals surface area contributed by atoms with Gasteiger partial charge in [-0.1, -0.05) is 229 Å². The molecule has 6 nitrogen and oxygen atoms in total. The Morgan fingerprint density at radius 2 is 0.554 bits per heavy atom. The molecule has 6 heteroatoms. The number of ether oxygens (including phenoxy) is 3. The second-order valence-electron chi connectivity index (χ2n) is 18.5. The van der Waals surface area contributed by atoms with E-state index in [9.17, 15) is 14.4 Å². The van der Waals surface area contributed by atoms with Gasteiger partial charge in [-0.3, -0.25) is 14.4 Å². The van der Waals surface area contributed by atoms with E-state index in [0.29, 0.717) is 19.3 Å². The Bertz CT molecular complexity index is 1180. The fraction of sp³-hybridized carbons (Fsp3) is 0.780. The highest BCUT2D eigenvalue weighted by Crippen LogP contribution is 2.15. The summed E-state index contributed by atoms with van der Waals surface area (Å²) in [6, 6.07) is 0. The zero-order valence-corrected chi connectivity index (χ0v) is 43.0. The molecule has 0 saturated carbocycles. The Kier molecular flexibility index (Phi) is 51.3. The Labute approximate surface area is 402 Å². The number of allylic oxidation sites excluding steroid dienone is 10. The highest BCUT2D eigenvalue weighted by atomic mass is 16.6. The molecule has 0 N–H and O–H groups in total. The molecule has 0 aliphatic heterocycles. The monoisotopic (exact) mass is 909 g/mol. The lowest BCUT2D eigenvalue weighted by Crippen LogP contribution is -2.30. The van der Waals surface area contributed by atoms with Crippen molar-refractivity contribution in [3.05, 3.63) is 60.8 Å². The van der Waals surface area contributed by atoms with Crippen molar-refractivity contribution in [1.82, 2.24) is 0 Å². The molecule has 0 aliphatic carbocycles. The van der Waals surface area contributed by atoms with Crippen LogP contribution in [0, 0.1) is 0 Å². The van der Waals surface area contributed by atoms with Gasteiger partial charge in [0.25, 0.3) is 0 Å². The van der Waals surface area contributed by atoms with E-state index >= 15 is 0 Å². The molecule has 0 amide bonds. The van der Waals surface area contributed by atoms with Crippen molar-refractivity contribution >= 4 is 17.9 Å². The van der Waals surface area contributed by atoms with Crippen LogP contribution in [-0.2, 0) is 28.6 Å². The molecule has 0 fully saturated rings. The van der Waals surface area contributed by atoms with Crippen molar-refractivity contribution in [1.29, 1.82) is 0 Å². The molecule has 0 rings (SSSR count). The van der Waals surface area contributed by atoms with Gasteiger partial charge in [-0.15, -0.1) is 0 Å². The summed E-state index contributed by atoms with van der Waals surface area (Å²) in [5, 5.41) is 0. The third kappa shape index (κ3) is 51.9. The van der Waals surface area contributed by atoms with E-state index < -0.39 is 6.10 Å². The van der Waals surface area contributed by atoms with Gasteiger partial charge in [0.2, 0.25) is 0 Å². The van der Waals surface area contributed by atoms with Crippen LogP contribution < -0.4 is 0 Å². The lowest BCUT2D eigenvalue weighted by molar-refractivity contribution is -0.167. The number of rotatable bonds is 50. The number of esters is 3. The summed E-state index contributed by atoms with van der Waals surface area (Å²) in [7, 11) is 0. The highest BCUT2D eigenvalue weighted by molar-refractivity contribution is 5.71. The molecule has 0 aromatic carbocycles. The minimum Gasteiger partial charge on any atom is -0.462 e. The van der Waals surface area contributed by atoms with Crippen LogP contribution in [0.5, 0.6) is 0 Å². The standard InChI is InChI=1S/C59H104O6/c1-4-7-10-13-16-19-22-24-26-28-29-31-32-34-37-40-43-46-49-52-58(61)64-55-56(54-63-57(60)51-48-45-42-39-36-21-18-15-12-9-6-3)65-59(62)53-50-47-44-41-38-35-33-30-27-25-23-20-17-14-11-8-5-2/h16-17,19-20,24-27,33,35,56H,4-15,18,21-23,28-32,34,36-55H2,1-3H3/b19-16-,20-17-,26-24-,27-25-,35-33-/t56-/m1/s1. The van der Waals surface area contributed by atoms with Crippen molar-refractivity contribution in [3.63, 3.8) is 0 Å². The molecule has 1 atom stereocenters. The quantitative estimate of drug-likeness (QED) is 0.0262. The average molecular weight is 909 g/mol. The van der Waals surface area contributed by atoms with Gasteiger partial charge in [0.1, 0.15) is 13.2 Å². The summed E-state index contributed by atoms with van der Waals surface area (Å²) >= 11 is 0. The van der Waals surface area contributed by atoms with E-state index in [-0.39, 0.29) is 31.1 Å². The van der Waals surface area contributed by atoms with Crippen LogP contribution in [0.1, 0.15) is 278 Å². The smallest absolute Gasteiger partial charge is 0.306 e. The number of hydrogen-bond donors (Lipinski definition) is 0. The molecular weight excluding hydrogens is 805 g/mol. The Hall–Kier alpha value is -2.89. The van der Waals surface area contributed by atoms with E-state index in [1.54, 1.807) is 0 Å². The molecule has 0 radical (unpaired) electrons. The molecule has 0 aliphatic rings. The van der Waals surface area contributed by atoms with Crippen LogP contribution in [0.25, 0.3) is 0 Å². The summed E-state index contributed by atoms with van der Waals surface area (Å²) in [6.45, 7) is 6.57. The maximum Gasteiger partial charge on any atom is 0.306 e. The minimum atomic E-state index is -0.785. The number of carbonyl (C=O) groups is 3. The maximum absolute atomic E-state index is 12.8. The third-order valence-electron chi connectivity index (χ3n) is 12.0.